The van der Waals surface area contributed by atoms with E-state index in [2.05, 4.69) is 5.10 Å². The molecule has 86 valence electrons. The third kappa shape index (κ3) is 2.57. The van der Waals surface area contributed by atoms with Gasteiger partial charge in [0.05, 0.1) is 17.8 Å². The molecule has 0 aliphatic heterocycles. The van der Waals surface area contributed by atoms with E-state index in [0.29, 0.717) is 5.69 Å². The number of carboxylic acids is 1. The molecule has 0 saturated carbocycles. The molecule has 2 rings (SSSR count). The number of benzene rings is 1. The van der Waals surface area contributed by atoms with Crippen LogP contribution >= 0.6 is 0 Å². The van der Waals surface area contributed by atoms with Gasteiger partial charge in [-0.05, 0) is 18.2 Å². The Morgan fingerprint density at radius 1 is 1.18 bits per heavy atom. The van der Waals surface area contributed by atoms with Crippen LogP contribution in [-0.2, 0) is 16.0 Å². The number of para-hydroxylation sites is 1. The lowest BCUT2D eigenvalue weighted by atomic mass is 10.2. The van der Waals surface area contributed by atoms with E-state index in [1.54, 1.807) is 16.9 Å². The van der Waals surface area contributed by atoms with Crippen LogP contribution in [0.1, 0.15) is 5.69 Å². The number of carbonyl (C=O) groups excluding carboxylic acids is 1. The van der Waals surface area contributed by atoms with Gasteiger partial charge in [0, 0.05) is 6.20 Å². The summed E-state index contributed by atoms with van der Waals surface area (Å²) in [5, 5.41) is 12.6. The Bertz CT molecular complexity index is 546. The fourth-order valence-electron chi connectivity index (χ4n) is 1.42. The topological polar surface area (TPSA) is 72.2 Å². The summed E-state index contributed by atoms with van der Waals surface area (Å²) in [6.45, 7) is 0. The van der Waals surface area contributed by atoms with E-state index in [1.165, 1.54) is 0 Å². The van der Waals surface area contributed by atoms with Gasteiger partial charge in [-0.3, -0.25) is 4.79 Å². The van der Waals surface area contributed by atoms with Gasteiger partial charge in [0.25, 0.3) is 0 Å². The average molecular weight is 230 g/mol. The second-order valence-electron chi connectivity index (χ2n) is 3.49. The molecule has 1 aromatic carbocycles. The monoisotopic (exact) mass is 230 g/mol. The predicted molar refractivity (Wildman–Crippen MR) is 59.9 cm³/mol. The van der Waals surface area contributed by atoms with Gasteiger partial charge in [-0.15, -0.1) is 0 Å². The van der Waals surface area contributed by atoms with Gasteiger partial charge in [-0.25, -0.2) is 9.48 Å². The molecule has 0 saturated heterocycles. The van der Waals surface area contributed by atoms with Crippen LogP contribution in [0.3, 0.4) is 0 Å². The Kier molecular flexibility index (Phi) is 3.00. The number of hydrogen-bond donors (Lipinski definition) is 1. The third-order valence-corrected chi connectivity index (χ3v) is 2.25. The molecule has 0 bridgehead atoms. The highest BCUT2D eigenvalue weighted by Gasteiger charge is 2.13. The molecule has 5 heteroatoms. The molecule has 0 aliphatic carbocycles. The Labute approximate surface area is 97.3 Å². The molecule has 1 N–H and O–H groups in total. The first-order chi connectivity index (χ1) is 8.16. The quantitative estimate of drug-likeness (QED) is 0.797. The van der Waals surface area contributed by atoms with Crippen LogP contribution < -0.4 is 0 Å². The van der Waals surface area contributed by atoms with Crippen molar-refractivity contribution in [1.29, 1.82) is 0 Å². The average Bonchev–Trinajstić information content (AvgIpc) is 2.78. The molecule has 17 heavy (non-hydrogen) atoms. The number of Topliss-reactive ketones (excluding diaryl/α,β-unsaturated/α-hetero) is 1. The molecular weight excluding hydrogens is 220 g/mol. The fourth-order valence-corrected chi connectivity index (χ4v) is 1.42. The van der Waals surface area contributed by atoms with E-state index < -0.39 is 11.8 Å². The number of nitrogens with zero attached hydrogens (tertiary/aromatic N) is 2. The van der Waals surface area contributed by atoms with E-state index in [0.717, 1.165) is 5.69 Å². The van der Waals surface area contributed by atoms with E-state index in [-0.39, 0.29) is 6.42 Å². The summed E-state index contributed by atoms with van der Waals surface area (Å²) in [6.07, 6.45) is 1.51. The highest BCUT2D eigenvalue weighted by atomic mass is 16.4. The largest absolute Gasteiger partial charge is 0.475 e. The van der Waals surface area contributed by atoms with Gasteiger partial charge < -0.3 is 5.11 Å². The number of carbonyl (C=O) groups is 2. The van der Waals surface area contributed by atoms with Crippen molar-refractivity contribution in [2.75, 3.05) is 0 Å². The van der Waals surface area contributed by atoms with E-state index in [9.17, 15) is 9.59 Å². The molecule has 0 aliphatic rings. The molecule has 1 heterocycles. The number of ketones is 1. The van der Waals surface area contributed by atoms with Crippen molar-refractivity contribution in [3.63, 3.8) is 0 Å². The van der Waals surface area contributed by atoms with Crippen molar-refractivity contribution < 1.29 is 14.7 Å². The van der Waals surface area contributed by atoms with Crippen LogP contribution in [-0.4, -0.2) is 26.6 Å². The molecule has 0 spiro atoms. The van der Waals surface area contributed by atoms with Crippen LogP contribution in [0.2, 0.25) is 0 Å². The van der Waals surface area contributed by atoms with Gasteiger partial charge in [-0.2, -0.15) is 5.10 Å². The second kappa shape index (κ2) is 4.61. The fraction of sp³-hybridized carbons (Fsp3) is 0.0833. The number of hydrogen-bond acceptors (Lipinski definition) is 3. The number of aliphatic carboxylic acids is 1. The molecule has 0 fully saturated rings. The highest BCUT2D eigenvalue weighted by Crippen LogP contribution is 2.07. The normalized spacial score (nSPS) is 10.1. The Balaban J connectivity index is 2.17. The van der Waals surface area contributed by atoms with Crippen LogP contribution in [0.5, 0.6) is 0 Å². The van der Waals surface area contributed by atoms with Gasteiger partial charge in [-0.1, -0.05) is 18.2 Å². The lowest BCUT2D eigenvalue weighted by Gasteiger charge is -1.99. The Hall–Kier alpha value is -2.43. The van der Waals surface area contributed by atoms with Crippen molar-refractivity contribution in [3.05, 3.63) is 48.3 Å². The number of carboxylic acid groups (broad SMARTS) is 1. The highest BCUT2D eigenvalue weighted by molar-refractivity contribution is 6.33. The van der Waals surface area contributed by atoms with Crippen LogP contribution in [0.25, 0.3) is 5.69 Å². The molecule has 0 unspecified atom stereocenters. The first kappa shape index (κ1) is 11.1. The minimum absolute atomic E-state index is 0.185. The van der Waals surface area contributed by atoms with Crippen molar-refractivity contribution in [2.24, 2.45) is 0 Å². The SMILES string of the molecule is O=C(O)C(=O)Cc1ccn(-c2ccccc2)n1. The lowest BCUT2D eigenvalue weighted by Crippen LogP contribution is -2.15. The van der Waals surface area contributed by atoms with Crippen molar-refractivity contribution in [2.45, 2.75) is 6.42 Å². The minimum atomic E-state index is -1.43. The van der Waals surface area contributed by atoms with E-state index in [1.807, 2.05) is 30.3 Å². The number of aromatic nitrogens is 2. The Morgan fingerprint density at radius 2 is 1.88 bits per heavy atom. The number of rotatable bonds is 4. The molecule has 0 atom stereocenters. The summed E-state index contributed by atoms with van der Waals surface area (Å²) < 4.78 is 1.60. The molecule has 5 nitrogen and oxygen atoms in total. The maximum atomic E-state index is 11.0. The maximum Gasteiger partial charge on any atom is 0.372 e. The zero-order valence-corrected chi connectivity index (χ0v) is 8.91. The van der Waals surface area contributed by atoms with Crippen LogP contribution in [0.15, 0.2) is 42.6 Å². The molecule has 1 aromatic heterocycles. The molecule has 2 aromatic rings. The van der Waals surface area contributed by atoms with Gasteiger partial charge in [0.15, 0.2) is 0 Å². The third-order valence-electron chi connectivity index (χ3n) is 2.25. The smallest absolute Gasteiger partial charge is 0.372 e. The van der Waals surface area contributed by atoms with E-state index >= 15 is 0 Å². The zero-order chi connectivity index (χ0) is 12.3. The molecular formula is C12H10N2O3. The zero-order valence-electron chi connectivity index (χ0n) is 8.91. The van der Waals surface area contributed by atoms with Crippen molar-refractivity contribution >= 4 is 11.8 Å². The standard InChI is InChI=1S/C12H10N2O3/c15-11(12(16)17)8-9-6-7-14(13-9)10-4-2-1-3-5-10/h1-7H,8H2,(H,16,17). The minimum Gasteiger partial charge on any atom is -0.475 e. The van der Waals surface area contributed by atoms with Crippen molar-refractivity contribution in [1.82, 2.24) is 9.78 Å². The maximum absolute atomic E-state index is 11.0. The lowest BCUT2D eigenvalue weighted by molar-refractivity contribution is -0.148. The summed E-state index contributed by atoms with van der Waals surface area (Å²) in [7, 11) is 0. The van der Waals surface area contributed by atoms with Gasteiger partial charge in [0.2, 0.25) is 5.78 Å². The first-order valence-electron chi connectivity index (χ1n) is 5.03. The van der Waals surface area contributed by atoms with E-state index in [4.69, 9.17) is 5.11 Å². The second-order valence-corrected chi connectivity index (χ2v) is 3.49. The summed E-state index contributed by atoms with van der Waals surface area (Å²) >= 11 is 0. The molecule has 0 amide bonds. The first-order valence-corrected chi connectivity index (χ1v) is 5.03. The summed E-state index contributed by atoms with van der Waals surface area (Å²) in [4.78, 5) is 21.4. The summed E-state index contributed by atoms with van der Waals surface area (Å²) in [6, 6.07) is 11.0. The van der Waals surface area contributed by atoms with Crippen molar-refractivity contribution in [3.8, 4) is 5.69 Å². The summed E-state index contributed by atoms with van der Waals surface area (Å²) in [5.74, 6) is -2.29. The Morgan fingerprint density at radius 3 is 2.53 bits per heavy atom. The summed E-state index contributed by atoms with van der Waals surface area (Å²) in [5.41, 5.74) is 1.31. The predicted octanol–water partition coefficient (Wildman–Crippen LogP) is 1.07. The van der Waals surface area contributed by atoms with Gasteiger partial charge >= 0.3 is 5.97 Å². The van der Waals surface area contributed by atoms with Crippen LogP contribution in [0.4, 0.5) is 0 Å². The molecule has 0 radical (unpaired) electrons. The van der Waals surface area contributed by atoms with Crippen LogP contribution in [0, 0.1) is 0 Å². The van der Waals surface area contributed by atoms with Gasteiger partial charge in [0.1, 0.15) is 0 Å².